The SMILES string of the molecule is CCc1ccc(-c2cc(Cl)c(Cl)cc2Cl)cc1C1=C(O)CCCC1=O. The van der Waals surface area contributed by atoms with Crippen LogP contribution in [0.15, 0.2) is 36.1 Å². The van der Waals surface area contributed by atoms with Crippen LogP contribution in [-0.4, -0.2) is 10.9 Å². The quantitative estimate of drug-likeness (QED) is 0.574. The number of Topliss-reactive ketones (excluding diaryl/α,β-unsaturated/α-hetero) is 1. The second-order valence-electron chi connectivity index (χ2n) is 6.07. The van der Waals surface area contributed by atoms with Crippen LogP contribution in [-0.2, 0) is 11.2 Å². The maximum Gasteiger partial charge on any atom is 0.166 e. The standard InChI is InChI=1S/C20H17Cl3O2/c1-2-11-6-7-12(13-9-16(22)17(23)10-15(13)21)8-14(11)20-18(24)4-3-5-19(20)25/h6-10,24H,2-5H2,1H3. The van der Waals surface area contributed by atoms with Gasteiger partial charge in [0, 0.05) is 23.4 Å². The molecule has 0 saturated carbocycles. The van der Waals surface area contributed by atoms with E-state index in [0.717, 1.165) is 28.7 Å². The van der Waals surface area contributed by atoms with E-state index in [1.807, 2.05) is 25.1 Å². The number of rotatable bonds is 3. The molecule has 25 heavy (non-hydrogen) atoms. The number of aliphatic hydroxyl groups is 1. The Morgan fingerprint density at radius 2 is 1.68 bits per heavy atom. The lowest BCUT2D eigenvalue weighted by atomic mass is 9.86. The monoisotopic (exact) mass is 394 g/mol. The first kappa shape index (κ1) is 18.3. The van der Waals surface area contributed by atoms with Crippen molar-refractivity contribution in [2.24, 2.45) is 0 Å². The van der Waals surface area contributed by atoms with Crippen LogP contribution in [0, 0.1) is 0 Å². The third kappa shape index (κ3) is 3.57. The second kappa shape index (κ2) is 7.41. The molecule has 3 rings (SSSR count). The van der Waals surface area contributed by atoms with Crippen molar-refractivity contribution in [2.45, 2.75) is 32.6 Å². The molecule has 0 fully saturated rings. The van der Waals surface area contributed by atoms with Gasteiger partial charge in [0.1, 0.15) is 5.76 Å². The normalized spacial score (nSPS) is 15.0. The summed E-state index contributed by atoms with van der Waals surface area (Å²) >= 11 is 18.5. The lowest BCUT2D eigenvalue weighted by Crippen LogP contribution is -2.12. The molecular weight excluding hydrogens is 379 g/mol. The molecule has 2 aromatic rings. The van der Waals surface area contributed by atoms with E-state index < -0.39 is 0 Å². The Morgan fingerprint density at radius 1 is 0.960 bits per heavy atom. The summed E-state index contributed by atoms with van der Waals surface area (Å²) in [6.45, 7) is 2.02. The minimum atomic E-state index is -0.0177. The molecular formula is C20H17Cl3O2. The van der Waals surface area contributed by atoms with Gasteiger partial charge in [-0.1, -0.05) is 53.9 Å². The smallest absolute Gasteiger partial charge is 0.166 e. The number of hydrogen-bond donors (Lipinski definition) is 1. The van der Waals surface area contributed by atoms with Crippen molar-refractivity contribution in [3.63, 3.8) is 0 Å². The molecule has 2 nitrogen and oxygen atoms in total. The molecule has 5 heteroatoms. The highest BCUT2D eigenvalue weighted by Gasteiger charge is 2.24. The molecule has 0 saturated heterocycles. The summed E-state index contributed by atoms with van der Waals surface area (Å²) in [5.41, 5.74) is 3.78. The van der Waals surface area contributed by atoms with Crippen molar-refractivity contribution >= 4 is 46.2 Å². The molecule has 1 aliphatic rings. The van der Waals surface area contributed by atoms with Gasteiger partial charge >= 0.3 is 0 Å². The van der Waals surface area contributed by atoms with Crippen LogP contribution in [0.1, 0.15) is 37.3 Å². The minimum Gasteiger partial charge on any atom is -0.512 e. The number of ketones is 1. The Bertz CT molecular complexity index is 885. The lowest BCUT2D eigenvalue weighted by molar-refractivity contribution is -0.114. The fourth-order valence-electron chi connectivity index (χ4n) is 3.16. The number of benzene rings is 2. The van der Waals surface area contributed by atoms with Crippen molar-refractivity contribution in [2.75, 3.05) is 0 Å². The maximum atomic E-state index is 12.4. The predicted molar refractivity (Wildman–Crippen MR) is 105 cm³/mol. The van der Waals surface area contributed by atoms with Crippen LogP contribution in [0.25, 0.3) is 16.7 Å². The summed E-state index contributed by atoms with van der Waals surface area (Å²) in [5.74, 6) is 0.152. The Labute approximate surface area is 162 Å². The molecule has 0 spiro atoms. The lowest BCUT2D eigenvalue weighted by Gasteiger charge is -2.19. The van der Waals surface area contributed by atoms with E-state index in [0.29, 0.717) is 39.9 Å². The van der Waals surface area contributed by atoms with Crippen molar-refractivity contribution in [1.82, 2.24) is 0 Å². The number of hydrogen-bond acceptors (Lipinski definition) is 2. The highest BCUT2D eigenvalue weighted by atomic mass is 35.5. The van der Waals surface area contributed by atoms with E-state index in [2.05, 4.69) is 0 Å². The zero-order valence-corrected chi connectivity index (χ0v) is 16.0. The first-order chi connectivity index (χ1) is 11.9. The fraction of sp³-hybridized carbons (Fsp3) is 0.250. The maximum absolute atomic E-state index is 12.4. The zero-order valence-electron chi connectivity index (χ0n) is 13.7. The van der Waals surface area contributed by atoms with Gasteiger partial charge in [-0.25, -0.2) is 0 Å². The van der Waals surface area contributed by atoms with Gasteiger partial charge in [-0.2, -0.15) is 0 Å². The van der Waals surface area contributed by atoms with Gasteiger partial charge in [-0.3, -0.25) is 4.79 Å². The van der Waals surface area contributed by atoms with Gasteiger partial charge in [-0.15, -0.1) is 0 Å². The van der Waals surface area contributed by atoms with Crippen molar-refractivity contribution in [3.05, 3.63) is 62.3 Å². The summed E-state index contributed by atoms with van der Waals surface area (Å²) in [6, 6.07) is 9.13. The van der Waals surface area contributed by atoms with Gasteiger partial charge in [0.2, 0.25) is 0 Å². The van der Waals surface area contributed by atoms with Crippen LogP contribution in [0.4, 0.5) is 0 Å². The van der Waals surface area contributed by atoms with Gasteiger partial charge < -0.3 is 5.11 Å². The average Bonchev–Trinajstić information content (AvgIpc) is 2.58. The Hall–Kier alpha value is -1.48. The molecule has 130 valence electrons. The van der Waals surface area contributed by atoms with E-state index in [1.54, 1.807) is 12.1 Å². The first-order valence-corrected chi connectivity index (χ1v) is 9.29. The molecule has 1 aliphatic carbocycles. The van der Waals surface area contributed by atoms with E-state index in [-0.39, 0.29) is 11.5 Å². The molecule has 0 bridgehead atoms. The van der Waals surface area contributed by atoms with E-state index in [1.165, 1.54) is 0 Å². The largest absolute Gasteiger partial charge is 0.512 e. The summed E-state index contributed by atoms with van der Waals surface area (Å²) in [5, 5.41) is 11.6. The minimum absolute atomic E-state index is 0.0177. The van der Waals surface area contributed by atoms with Gasteiger partial charge in [0.15, 0.2) is 5.78 Å². The van der Waals surface area contributed by atoms with E-state index in [9.17, 15) is 9.90 Å². The Kier molecular flexibility index (Phi) is 5.43. The van der Waals surface area contributed by atoms with Crippen molar-refractivity contribution in [1.29, 1.82) is 0 Å². The number of halogens is 3. The van der Waals surface area contributed by atoms with Crippen LogP contribution in [0.3, 0.4) is 0 Å². The Balaban J connectivity index is 2.20. The van der Waals surface area contributed by atoms with Crippen LogP contribution in [0.2, 0.25) is 15.1 Å². The van der Waals surface area contributed by atoms with E-state index in [4.69, 9.17) is 34.8 Å². The number of aliphatic hydroxyl groups excluding tert-OH is 1. The van der Waals surface area contributed by atoms with Crippen LogP contribution < -0.4 is 0 Å². The van der Waals surface area contributed by atoms with Gasteiger partial charge in [-0.05, 0) is 47.7 Å². The third-order valence-corrected chi connectivity index (χ3v) is 5.50. The summed E-state index contributed by atoms with van der Waals surface area (Å²) in [4.78, 5) is 12.4. The molecule has 1 N–H and O–H groups in total. The molecule has 0 amide bonds. The Morgan fingerprint density at radius 3 is 2.36 bits per heavy atom. The molecule has 0 aromatic heterocycles. The molecule has 0 heterocycles. The molecule has 2 aromatic carbocycles. The van der Waals surface area contributed by atoms with Gasteiger partial charge in [0.05, 0.1) is 15.6 Å². The topological polar surface area (TPSA) is 37.3 Å². The molecule has 0 aliphatic heterocycles. The molecule has 0 atom stereocenters. The average molecular weight is 396 g/mol. The van der Waals surface area contributed by atoms with Crippen LogP contribution >= 0.6 is 34.8 Å². The number of carbonyl (C=O) groups is 1. The van der Waals surface area contributed by atoms with Gasteiger partial charge in [0.25, 0.3) is 0 Å². The van der Waals surface area contributed by atoms with Crippen LogP contribution in [0.5, 0.6) is 0 Å². The number of allylic oxidation sites excluding steroid dienone is 2. The zero-order chi connectivity index (χ0) is 18.1. The van der Waals surface area contributed by atoms with E-state index >= 15 is 0 Å². The number of aryl methyl sites for hydroxylation is 1. The second-order valence-corrected chi connectivity index (χ2v) is 7.29. The van der Waals surface area contributed by atoms with Crippen molar-refractivity contribution < 1.29 is 9.90 Å². The summed E-state index contributed by atoms with van der Waals surface area (Å²) < 4.78 is 0. The first-order valence-electron chi connectivity index (χ1n) is 8.16. The number of carbonyl (C=O) groups excluding carboxylic acids is 1. The highest BCUT2D eigenvalue weighted by molar-refractivity contribution is 6.44. The summed E-state index contributed by atoms with van der Waals surface area (Å²) in [7, 11) is 0. The predicted octanol–water partition coefficient (Wildman–Crippen LogP) is 6.90. The third-order valence-electron chi connectivity index (χ3n) is 4.47. The van der Waals surface area contributed by atoms with Crippen molar-refractivity contribution in [3.8, 4) is 11.1 Å². The highest BCUT2D eigenvalue weighted by Crippen LogP contribution is 2.38. The molecule has 0 radical (unpaired) electrons. The summed E-state index contributed by atoms with van der Waals surface area (Å²) in [6.07, 6.45) is 2.44. The molecule has 0 unspecified atom stereocenters. The fourth-order valence-corrected chi connectivity index (χ4v) is 3.82.